The number of amides is 1. The average molecular weight is 256 g/mol. The van der Waals surface area contributed by atoms with Gasteiger partial charge in [-0.25, -0.2) is 8.42 Å². The predicted molar refractivity (Wildman–Crippen MR) is 56.5 cm³/mol. The number of halogens is 1. The molecule has 5 nitrogen and oxygen atoms in total. The molecule has 0 aromatic carbocycles. The number of nitrogens with zero attached hydrogens (tertiary/aromatic N) is 1. The molecule has 1 saturated heterocycles. The van der Waals surface area contributed by atoms with Crippen LogP contribution < -0.4 is 0 Å². The Balaban J connectivity index is 2.67. The van der Waals surface area contributed by atoms with Gasteiger partial charge in [0.05, 0.1) is 13.2 Å². The lowest BCUT2D eigenvalue weighted by atomic mass is 10.4. The van der Waals surface area contributed by atoms with Crippen LogP contribution in [0.4, 0.5) is 0 Å². The SMILES string of the molecule is CCS(=O)(=O)[C@@H](Cl)C(=O)N1CCOCC1. The lowest BCUT2D eigenvalue weighted by Crippen LogP contribution is -2.46. The molecule has 1 aliphatic rings. The molecule has 88 valence electrons. The van der Waals surface area contributed by atoms with E-state index in [1.54, 1.807) is 0 Å². The third-order valence-electron chi connectivity index (χ3n) is 2.23. The first-order valence-electron chi connectivity index (χ1n) is 4.71. The van der Waals surface area contributed by atoms with Gasteiger partial charge in [-0.15, -0.1) is 0 Å². The number of carbonyl (C=O) groups is 1. The van der Waals surface area contributed by atoms with E-state index in [1.807, 2.05) is 0 Å². The Kier molecular flexibility index (Phi) is 4.36. The fourth-order valence-electron chi connectivity index (χ4n) is 1.23. The smallest absolute Gasteiger partial charge is 0.256 e. The van der Waals surface area contributed by atoms with Crippen LogP contribution in [0.5, 0.6) is 0 Å². The standard InChI is InChI=1S/C8H14ClNO4S/c1-2-15(12,13)7(9)8(11)10-3-5-14-6-4-10/h7H,2-6H2,1H3/t7-/m1/s1. The molecule has 15 heavy (non-hydrogen) atoms. The maximum Gasteiger partial charge on any atom is 0.256 e. The summed E-state index contributed by atoms with van der Waals surface area (Å²) in [6.07, 6.45) is 0. The highest BCUT2D eigenvalue weighted by atomic mass is 35.5. The van der Waals surface area contributed by atoms with Gasteiger partial charge in [0.1, 0.15) is 0 Å². The number of rotatable bonds is 3. The van der Waals surface area contributed by atoms with Gasteiger partial charge < -0.3 is 9.64 Å². The average Bonchev–Trinajstić information content (AvgIpc) is 2.28. The van der Waals surface area contributed by atoms with E-state index in [9.17, 15) is 13.2 Å². The summed E-state index contributed by atoms with van der Waals surface area (Å²) in [6, 6.07) is 0. The van der Waals surface area contributed by atoms with Crippen molar-refractivity contribution in [1.29, 1.82) is 0 Å². The van der Waals surface area contributed by atoms with E-state index in [4.69, 9.17) is 16.3 Å². The van der Waals surface area contributed by atoms with Crippen molar-refractivity contribution in [3.8, 4) is 0 Å². The summed E-state index contributed by atoms with van der Waals surface area (Å²) in [6.45, 7) is 3.14. The molecule has 1 amide bonds. The predicted octanol–water partition coefficient (Wildman–Crippen LogP) is -0.155. The minimum absolute atomic E-state index is 0.128. The van der Waals surface area contributed by atoms with Crippen LogP contribution in [0.15, 0.2) is 0 Å². The zero-order chi connectivity index (χ0) is 11.5. The van der Waals surface area contributed by atoms with E-state index >= 15 is 0 Å². The molecule has 0 aliphatic carbocycles. The molecule has 0 aromatic rings. The van der Waals surface area contributed by atoms with Gasteiger partial charge in [-0.05, 0) is 0 Å². The summed E-state index contributed by atoms with van der Waals surface area (Å²) in [4.78, 5) is 13.1. The van der Waals surface area contributed by atoms with Crippen molar-refractivity contribution in [3.63, 3.8) is 0 Å². The number of morpholine rings is 1. The molecule has 7 heteroatoms. The van der Waals surface area contributed by atoms with E-state index < -0.39 is 20.5 Å². The van der Waals surface area contributed by atoms with Crippen LogP contribution in [0.25, 0.3) is 0 Å². The van der Waals surface area contributed by atoms with Gasteiger partial charge in [0.15, 0.2) is 9.84 Å². The van der Waals surface area contributed by atoms with E-state index in [0.717, 1.165) is 0 Å². The normalized spacial score (nSPS) is 20.0. The van der Waals surface area contributed by atoms with Crippen molar-refractivity contribution in [2.45, 2.75) is 11.6 Å². The van der Waals surface area contributed by atoms with Crippen LogP contribution in [0.3, 0.4) is 0 Å². The van der Waals surface area contributed by atoms with Crippen LogP contribution in [0, 0.1) is 0 Å². The van der Waals surface area contributed by atoms with Crippen molar-refractivity contribution in [2.75, 3.05) is 32.1 Å². The van der Waals surface area contributed by atoms with Crippen LogP contribution >= 0.6 is 11.6 Å². The summed E-state index contributed by atoms with van der Waals surface area (Å²) < 4.78 is 26.3. The summed E-state index contributed by atoms with van der Waals surface area (Å²) in [5.41, 5.74) is 0. The quantitative estimate of drug-likeness (QED) is 0.658. The van der Waals surface area contributed by atoms with Crippen LogP contribution in [0.1, 0.15) is 6.92 Å². The van der Waals surface area contributed by atoms with Gasteiger partial charge >= 0.3 is 0 Å². The van der Waals surface area contributed by atoms with Gasteiger partial charge in [0.25, 0.3) is 5.91 Å². The van der Waals surface area contributed by atoms with Crippen molar-refractivity contribution in [1.82, 2.24) is 4.90 Å². The monoisotopic (exact) mass is 255 g/mol. The summed E-state index contributed by atoms with van der Waals surface area (Å²) in [5.74, 6) is -0.668. The largest absolute Gasteiger partial charge is 0.378 e. The van der Waals surface area contributed by atoms with E-state index in [0.29, 0.717) is 26.3 Å². The first-order valence-corrected chi connectivity index (χ1v) is 6.86. The van der Waals surface area contributed by atoms with Gasteiger partial charge in [0, 0.05) is 18.8 Å². The first kappa shape index (κ1) is 12.7. The number of sulfone groups is 1. The van der Waals surface area contributed by atoms with Crippen molar-refractivity contribution in [3.05, 3.63) is 0 Å². The molecule has 0 spiro atoms. The molecule has 0 saturated carbocycles. The molecular weight excluding hydrogens is 242 g/mol. The van der Waals surface area contributed by atoms with E-state index in [-0.39, 0.29) is 5.75 Å². The first-order chi connectivity index (χ1) is 6.99. The lowest BCUT2D eigenvalue weighted by Gasteiger charge is -2.28. The summed E-state index contributed by atoms with van der Waals surface area (Å²) in [5, 5.41) is 0. The Morgan fingerprint density at radius 1 is 1.47 bits per heavy atom. The highest BCUT2D eigenvalue weighted by Crippen LogP contribution is 2.12. The number of carbonyl (C=O) groups excluding carboxylic acids is 1. The molecule has 0 N–H and O–H groups in total. The molecule has 1 rings (SSSR count). The third kappa shape index (κ3) is 3.06. The second kappa shape index (κ2) is 5.14. The fourth-order valence-corrected chi connectivity index (χ4v) is 2.49. The maximum atomic E-state index is 11.7. The van der Waals surface area contributed by atoms with E-state index in [2.05, 4.69) is 0 Å². The molecule has 1 aliphatic heterocycles. The molecule has 1 heterocycles. The Morgan fingerprint density at radius 2 is 2.00 bits per heavy atom. The van der Waals surface area contributed by atoms with Gasteiger partial charge in [-0.1, -0.05) is 18.5 Å². The number of hydrogen-bond acceptors (Lipinski definition) is 4. The summed E-state index contributed by atoms with van der Waals surface area (Å²) >= 11 is 5.64. The zero-order valence-electron chi connectivity index (χ0n) is 8.48. The second-order valence-corrected chi connectivity index (χ2v) is 6.27. The van der Waals surface area contributed by atoms with Crippen molar-refractivity contribution >= 4 is 27.3 Å². The topological polar surface area (TPSA) is 63.7 Å². The van der Waals surface area contributed by atoms with Gasteiger partial charge in [-0.2, -0.15) is 0 Å². The fraction of sp³-hybridized carbons (Fsp3) is 0.875. The Labute approximate surface area is 94.3 Å². The molecule has 0 unspecified atom stereocenters. The third-order valence-corrected chi connectivity index (χ3v) is 4.87. The molecule has 0 aromatic heterocycles. The molecule has 1 fully saturated rings. The van der Waals surface area contributed by atoms with Crippen molar-refractivity contribution in [2.24, 2.45) is 0 Å². The Morgan fingerprint density at radius 3 is 2.47 bits per heavy atom. The second-order valence-electron chi connectivity index (χ2n) is 3.21. The zero-order valence-corrected chi connectivity index (χ0v) is 10.1. The van der Waals surface area contributed by atoms with Crippen LogP contribution in [-0.2, 0) is 19.4 Å². The molecule has 0 radical (unpaired) electrons. The number of alkyl halides is 1. The highest BCUT2D eigenvalue weighted by molar-refractivity contribution is 7.94. The van der Waals surface area contributed by atoms with E-state index in [1.165, 1.54) is 11.8 Å². The highest BCUT2D eigenvalue weighted by Gasteiger charge is 2.33. The minimum atomic E-state index is -3.51. The molecule has 1 atom stereocenters. The number of ether oxygens (including phenoxy) is 1. The lowest BCUT2D eigenvalue weighted by molar-refractivity contribution is -0.133. The Bertz CT molecular complexity index is 324. The number of hydrogen-bond donors (Lipinski definition) is 0. The Hall–Kier alpha value is -0.330. The van der Waals surface area contributed by atoms with Gasteiger partial charge in [-0.3, -0.25) is 4.79 Å². The molecule has 0 bridgehead atoms. The summed E-state index contributed by atoms with van der Waals surface area (Å²) in [7, 11) is -3.51. The van der Waals surface area contributed by atoms with Crippen LogP contribution in [-0.4, -0.2) is 56.0 Å². The maximum absolute atomic E-state index is 11.7. The minimum Gasteiger partial charge on any atom is -0.378 e. The van der Waals surface area contributed by atoms with Crippen molar-refractivity contribution < 1.29 is 17.9 Å². The van der Waals surface area contributed by atoms with Crippen LogP contribution in [0.2, 0.25) is 0 Å². The van der Waals surface area contributed by atoms with Gasteiger partial charge in [0.2, 0.25) is 4.71 Å². The molecular formula is C8H14ClNO4S.